The van der Waals surface area contributed by atoms with Crippen LogP contribution in [0, 0.1) is 5.82 Å². The molecule has 6 nitrogen and oxygen atoms in total. The van der Waals surface area contributed by atoms with Gasteiger partial charge in [-0.15, -0.1) is 0 Å². The predicted molar refractivity (Wildman–Crippen MR) is 137 cm³/mol. The largest absolute Gasteiger partial charge is 0.497 e. The second kappa shape index (κ2) is 10.4. The van der Waals surface area contributed by atoms with Gasteiger partial charge in [0, 0.05) is 19.1 Å². The van der Waals surface area contributed by atoms with Crippen LogP contribution >= 0.6 is 0 Å². The topological polar surface area (TPSA) is 88.4 Å². The van der Waals surface area contributed by atoms with E-state index in [1.807, 2.05) is 19.1 Å². The predicted octanol–water partition coefficient (Wildman–Crippen LogP) is 3.60. The highest BCUT2D eigenvalue weighted by molar-refractivity contribution is 6.61. The number of halogens is 1. The highest BCUT2D eigenvalue weighted by Crippen LogP contribution is 2.44. The van der Waals surface area contributed by atoms with Crippen LogP contribution in [-0.2, 0) is 4.79 Å². The van der Waals surface area contributed by atoms with Crippen LogP contribution in [0.25, 0.3) is 17.2 Å². The zero-order valence-corrected chi connectivity index (χ0v) is 20.0. The van der Waals surface area contributed by atoms with E-state index in [2.05, 4.69) is 4.99 Å². The van der Waals surface area contributed by atoms with Gasteiger partial charge in [0.25, 0.3) is 0 Å². The molecule has 1 aliphatic carbocycles. The Labute approximate surface area is 204 Å². The van der Waals surface area contributed by atoms with E-state index in [0.29, 0.717) is 25.8 Å². The van der Waals surface area contributed by atoms with Gasteiger partial charge in [-0.25, -0.2) is 4.39 Å². The quantitative estimate of drug-likeness (QED) is 0.542. The molecule has 2 aromatic carbocycles. The first-order valence-electron chi connectivity index (χ1n) is 11.4. The molecular weight excluding hydrogens is 448 g/mol. The van der Waals surface area contributed by atoms with Gasteiger partial charge in [-0.2, -0.15) is 0 Å². The van der Waals surface area contributed by atoms with Crippen LogP contribution in [0.2, 0.25) is 0 Å². The molecule has 0 amide bonds. The summed E-state index contributed by atoms with van der Waals surface area (Å²) in [7, 11) is 1.13. The number of benzene rings is 2. The third kappa shape index (κ3) is 5.13. The van der Waals surface area contributed by atoms with Crippen molar-refractivity contribution < 1.29 is 28.7 Å². The molecule has 1 aliphatic heterocycles. The molecule has 35 heavy (non-hydrogen) atoms. The average Bonchev–Trinajstić information content (AvgIpc) is 3.43. The molecule has 2 aliphatic rings. The summed E-state index contributed by atoms with van der Waals surface area (Å²) in [6.45, 7) is 2.55. The van der Waals surface area contributed by atoms with Crippen LogP contribution in [0.1, 0.15) is 42.9 Å². The lowest BCUT2D eigenvalue weighted by Gasteiger charge is -2.14. The van der Waals surface area contributed by atoms with Gasteiger partial charge in [0.1, 0.15) is 23.1 Å². The summed E-state index contributed by atoms with van der Waals surface area (Å²) in [4.78, 5) is 16.7. The summed E-state index contributed by atoms with van der Waals surface area (Å²) < 4.78 is 24.9. The minimum absolute atomic E-state index is 0.130. The molecule has 1 heterocycles. The number of nitrogens with zero attached hydrogens (tertiary/aromatic N) is 1. The van der Waals surface area contributed by atoms with E-state index in [0.717, 1.165) is 39.0 Å². The van der Waals surface area contributed by atoms with Gasteiger partial charge in [-0.05, 0) is 88.7 Å². The number of ether oxygens (including phenoxy) is 2. The van der Waals surface area contributed by atoms with Crippen molar-refractivity contribution >= 4 is 41.8 Å². The van der Waals surface area contributed by atoms with Gasteiger partial charge >= 0.3 is 7.12 Å². The Morgan fingerprint density at radius 1 is 1.14 bits per heavy atom. The summed E-state index contributed by atoms with van der Waals surface area (Å²) in [6.07, 6.45) is 6.79. The minimum atomic E-state index is -1.76. The molecule has 0 radical (unpaired) electrons. The number of fused-ring (bicyclic) bond motifs is 1. The molecule has 0 aromatic heterocycles. The molecule has 0 unspecified atom stereocenters. The van der Waals surface area contributed by atoms with E-state index in [9.17, 15) is 19.2 Å². The molecule has 0 bridgehead atoms. The van der Waals surface area contributed by atoms with Gasteiger partial charge in [-0.1, -0.05) is 6.07 Å². The summed E-state index contributed by atoms with van der Waals surface area (Å²) in [5.41, 5.74) is 6.34. The molecule has 0 atom stereocenters. The third-order valence-corrected chi connectivity index (χ3v) is 6.38. The smallest absolute Gasteiger partial charge is 0.496 e. The van der Waals surface area contributed by atoms with Crippen molar-refractivity contribution in [3.8, 4) is 11.5 Å². The molecule has 0 spiro atoms. The lowest BCUT2D eigenvalue weighted by atomic mass is 9.78. The zero-order chi connectivity index (χ0) is 25.1. The highest BCUT2D eigenvalue weighted by atomic mass is 19.1. The molecule has 0 saturated carbocycles. The van der Waals surface area contributed by atoms with E-state index in [1.54, 1.807) is 24.4 Å². The SMILES string of the molecule is COc1cc(/C=C2/C(C)=C(CCC(=O)CC3=CC=NC3)c3cc(F)ccc32)cc(OC)c1B(O)O. The summed E-state index contributed by atoms with van der Waals surface area (Å²) >= 11 is 0. The van der Waals surface area contributed by atoms with E-state index in [-0.39, 0.29) is 28.6 Å². The number of hydrogen-bond acceptors (Lipinski definition) is 6. The maximum atomic E-state index is 14.2. The van der Waals surface area contributed by atoms with Gasteiger partial charge < -0.3 is 19.5 Å². The maximum absolute atomic E-state index is 14.2. The first-order valence-corrected chi connectivity index (χ1v) is 11.4. The number of allylic oxidation sites excluding steroid dienone is 4. The van der Waals surface area contributed by atoms with Crippen molar-refractivity contribution in [2.24, 2.45) is 4.99 Å². The normalized spacial score (nSPS) is 15.5. The minimum Gasteiger partial charge on any atom is -0.497 e. The molecule has 0 saturated heterocycles. The third-order valence-electron chi connectivity index (χ3n) is 6.38. The van der Waals surface area contributed by atoms with Gasteiger partial charge in [0.2, 0.25) is 0 Å². The van der Waals surface area contributed by atoms with Crippen molar-refractivity contribution in [1.82, 2.24) is 0 Å². The number of hydrogen-bond donors (Lipinski definition) is 2. The van der Waals surface area contributed by atoms with Crippen molar-refractivity contribution in [3.63, 3.8) is 0 Å². The molecule has 2 N–H and O–H groups in total. The lowest BCUT2D eigenvalue weighted by molar-refractivity contribution is -0.118. The summed E-state index contributed by atoms with van der Waals surface area (Å²) in [6, 6.07) is 8.07. The molecule has 2 aromatic rings. The molecule has 180 valence electrons. The maximum Gasteiger partial charge on any atom is 0.496 e. The Morgan fingerprint density at radius 3 is 2.46 bits per heavy atom. The van der Waals surface area contributed by atoms with E-state index in [1.165, 1.54) is 26.4 Å². The fourth-order valence-electron chi connectivity index (χ4n) is 4.64. The number of aliphatic imine (C=N–C) groups is 1. The first-order chi connectivity index (χ1) is 16.8. The number of ketones is 1. The van der Waals surface area contributed by atoms with Crippen LogP contribution in [0.15, 0.2) is 52.5 Å². The van der Waals surface area contributed by atoms with E-state index in [4.69, 9.17) is 9.47 Å². The second-order valence-corrected chi connectivity index (χ2v) is 8.59. The van der Waals surface area contributed by atoms with Gasteiger partial charge in [0.05, 0.1) is 26.2 Å². The van der Waals surface area contributed by atoms with Crippen molar-refractivity contribution in [2.45, 2.75) is 26.2 Å². The monoisotopic (exact) mass is 475 g/mol. The van der Waals surface area contributed by atoms with Crippen molar-refractivity contribution in [3.05, 3.63) is 70.1 Å². The Bertz CT molecular complexity index is 1270. The number of carbonyl (C=O) groups is 1. The molecule has 4 rings (SSSR count). The summed E-state index contributed by atoms with van der Waals surface area (Å²) in [5, 5.41) is 19.5. The van der Waals surface area contributed by atoms with E-state index < -0.39 is 7.12 Å². The van der Waals surface area contributed by atoms with Crippen molar-refractivity contribution in [1.29, 1.82) is 0 Å². The molecule has 0 fully saturated rings. The lowest BCUT2D eigenvalue weighted by Crippen LogP contribution is -2.32. The van der Waals surface area contributed by atoms with E-state index >= 15 is 0 Å². The van der Waals surface area contributed by atoms with Crippen LogP contribution in [-0.4, -0.2) is 49.9 Å². The number of rotatable bonds is 9. The second-order valence-electron chi connectivity index (χ2n) is 8.59. The summed E-state index contributed by atoms with van der Waals surface area (Å²) in [5.74, 6) is 0.354. The standard InChI is InChI=1S/C27H27BFNO5/c1-16-21(7-5-20(31)10-17-8-9-30-15-17)24-14-19(29)4-6-22(24)23(16)11-18-12-25(34-2)27(28(32)33)26(13-18)35-3/h4,6,8-9,11-14,32-33H,5,7,10,15H2,1-3H3/b23-11-. The first kappa shape index (κ1) is 24.6. The number of carbonyl (C=O) groups excluding carboxylic acids is 1. The van der Waals surface area contributed by atoms with Crippen LogP contribution in [0.4, 0.5) is 4.39 Å². The van der Waals surface area contributed by atoms with Crippen LogP contribution in [0.5, 0.6) is 11.5 Å². The molecule has 8 heteroatoms. The van der Waals surface area contributed by atoms with Gasteiger partial charge in [-0.3, -0.25) is 9.79 Å². The molecular formula is C27H27BFNO5. The Morgan fingerprint density at radius 2 is 1.86 bits per heavy atom. The number of Topliss-reactive ketones (excluding diaryl/α,β-unsaturated/α-hetero) is 1. The zero-order valence-electron chi connectivity index (χ0n) is 20.0. The fraction of sp³-hybridized carbons (Fsp3) is 0.259. The number of methoxy groups -OCH3 is 2. The fourth-order valence-corrected chi connectivity index (χ4v) is 4.64. The highest BCUT2D eigenvalue weighted by Gasteiger charge is 2.26. The van der Waals surface area contributed by atoms with Crippen molar-refractivity contribution in [2.75, 3.05) is 20.8 Å². The van der Waals surface area contributed by atoms with Crippen LogP contribution in [0.3, 0.4) is 0 Å². The Hall–Kier alpha value is -3.49. The Kier molecular flexibility index (Phi) is 7.33. The van der Waals surface area contributed by atoms with Crippen LogP contribution < -0.4 is 14.9 Å². The Balaban J connectivity index is 1.69. The van der Waals surface area contributed by atoms with Gasteiger partial charge in [0.15, 0.2) is 0 Å². The average molecular weight is 475 g/mol.